The van der Waals surface area contributed by atoms with Gasteiger partial charge in [-0.3, -0.25) is 9.78 Å². The average Bonchev–Trinajstić information content (AvgIpc) is 2.51. The van der Waals surface area contributed by atoms with E-state index in [0.717, 1.165) is 51.2 Å². The Balaban J connectivity index is 2.66. The predicted octanol–water partition coefficient (Wildman–Crippen LogP) is 2.79. The van der Waals surface area contributed by atoms with Gasteiger partial charge >= 0.3 is 0 Å². The number of pyridine rings is 1. The Bertz CT molecular complexity index is 418. The van der Waals surface area contributed by atoms with Gasteiger partial charge in [-0.1, -0.05) is 13.8 Å². The first-order valence-electron chi connectivity index (χ1n) is 7.70. The van der Waals surface area contributed by atoms with Gasteiger partial charge in [-0.2, -0.15) is 0 Å². The molecule has 0 aromatic carbocycles. The van der Waals surface area contributed by atoms with Gasteiger partial charge in [-0.05, 0) is 25.3 Å². The maximum atomic E-state index is 12.5. The van der Waals surface area contributed by atoms with Crippen LogP contribution < -0.4 is 5.32 Å². The minimum Gasteiger partial charge on any atom is -0.385 e. The molecule has 0 saturated carbocycles. The molecule has 1 heterocycles. The summed E-state index contributed by atoms with van der Waals surface area (Å²) < 4.78 is 5.01. The average molecular weight is 293 g/mol. The van der Waals surface area contributed by atoms with Crippen LogP contribution in [0.5, 0.6) is 0 Å². The van der Waals surface area contributed by atoms with Crippen molar-refractivity contribution in [3.63, 3.8) is 0 Å². The number of nitrogens with zero attached hydrogens (tertiary/aromatic N) is 2. The minimum atomic E-state index is 0.0618. The van der Waals surface area contributed by atoms with E-state index in [1.807, 2.05) is 11.0 Å². The number of rotatable bonds is 10. The molecule has 0 spiro atoms. The van der Waals surface area contributed by atoms with Gasteiger partial charge in [0.05, 0.1) is 11.3 Å². The quantitative estimate of drug-likeness (QED) is 0.674. The molecule has 1 aromatic heterocycles. The standard InChI is InChI=1S/C16H27N3O2/c1-4-8-19(9-5-2)16(20)14-11-15(13-17-12-14)18-7-6-10-21-3/h11-13,18H,4-10H2,1-3H3. The molecule has 0 aliphatic heterocycles. The number of methoxy groups -OCH3 is 1. The fourth-order valence-corrected chi connectivity index (χ4v) is 2.14. The summed E-state index contributed by atoms with van der Waals surface area (Å²) in [7, 11) is 1.69. The molecule has 0 bridgehead atoms. The van der Waals surface area contributed by atoms with Crippen molar-refractivity contribution >= 4 is 11.6 Å². The topological polar surface area (TPSA) is 54.5 Å². The van der Waals surface area contributed by atoms with Gasteiger partial charge in [0.25, 0.3) is 5.91 Å². The predicted molar refractivity (Wildman–Crippen MR) is 85.7 cm³/mol. The monoisotopic (exact) mass is 293 g/mol. The highest BCUT2D eigenvalue weighted by Gasteiger charge is 2.14. The number of amides is 1. The van der Waals surface area contributed by atoms with Gasteiger partial charge in [0.2, 0.25) is 0 Å². The smallest absolute Gasteiger partial charge is 0.255 e. The van der Waals surface area contributed by atoms with E-state index in [4.69, 9.17) is 4.74 Å². The van der Waals surface area contributed by atoms with Gasteiger partial charge in [-0.25, -0.2) is 0 Å². The third kappa shape index (κ3) is 6.12. The van der Waals surface area contributed by atoms with Crippen LogP contribution in [0.1, 0.15) is 43.5 Å². The zero-order chi connectivity index (χ0) is 15.5. The van der Waals surface area contributed by atoms with E-state index in [0.29, 0.717) is 5.56 Å². The first kappa shape index (κ1) is 17.4. The van der Waals surface area contributed by atoms with E-state index in [2.05, 4.69) is 24.1 Å². The normalized spacial score (nSPS) is 10.4. The van der Waals surface area contributed by atoms with Gasteiger partial charge < -0.3 is 15.0 Å². The van der Waals surface area contributed by atoms with Gasteiger partial charge in [0.15, 0.2) is 0 Å². The van der Waals surface area contributed by atoms with Crippen molar-refractivity contribution in [2.24, 2.45) is 0 Å². The first-order valence-corrected chi connectivity index (χ1v) is 7.70. The summed E-state index contributed by atoms with van der Waals surface area (Å²) in [5.74, 6) is 0.0618. The molecule has 21 heavy (non-hydrogen) atoms. The number of nitrogens with one attached hydrogen (secondary N) is 1. The van der Waals surface area contributed by atoms with Crippen molar-refractivity contribution < 1.29 is 9.53 Å². The molecule has 1 aromatic rings. The minimum absolute atomic E-state index is 0.0618. The summed E-state index contributed by atoms with van der Waals surface area (Å²) in [6.07, 6.45) is 6.24. The molecule has 1 N–H and O–H groups in total. The number of hydrogen-bond donors (Lipinski definition) is 1. The Morgan fingerprint density at radius 1 is 1.29 bits per heavy atom. The molecule has 0 atom stereocenters. The van der Waals surface area contributed by atoms with Crippen LogP contribution in [0.4, 0.5) is 5.69 Å². The Morgan fingerprint density at radius 3 is 2.62 bits per heavy atom. The fourth-order valence-electron chi connectivity index (χ4n) is 2.14. The molecule has 0 unspecified atom stereocenters. The molecular weight excluding hydrogens is 266 g/mol. The van der Waals surface area contributed by atoms with Crippen LogP contribution in [0.25, 0.3) is 0 Å². The lowest BCUT2D eigenvalue weighted by Crippen LogP contribution is -2.32. The Morgan fingerprint density at radius 2 is 2.00 bits per heavy atom. The second-order valence-corrected chi connectivity index (χ2v) is 5.03. The van der Waals surface area contributed by atoms with E-state index in [9.17, 15) is 4.79 Å². The second kappa shape index (κ2) is 10.2. The van der Waals surface area contributed by atoms with Crippen molar-refractivity contribution in [2.45, 2.75) is 33.1 Å². The van der Waals surface area contributed by atoms with Crippen LogP contribution >= 0.6 is 0 Å². The van der Waals surface area contributed by atoms with Gasteiger partial charge in [0, 0.05) is 45.7 Å². The SMILES string of the molecule is CCCN(CCC)C(=O)c1cncc(NCCCOC)c1. The number of anilines is 1. The van der Waals surface area contributed by atoms with Crippen molar-refractivity contribution in [1.29, 1.82) is 0 Å². The summed E-state index contributed by atoms with van der Waals surface area (Å²) in [6.45, 7) is 7.28. The van der Waals surface area contributed by atoms with Crippen LogP contribution in [0.3, 0.4) is 0 Å². The Labute approximate surface area is 127 Å². The number of aromatic nitrogens is 1. The summed E-state index contributed by atoms with van der Waals surface area (Å²) in [5, 5.41) is 3.26. The van der Waals surface area contributed by atoms with Crippen LogP contribution in [0.2, 0.25) is 0 Å². The van der Waals surface area contributed by atoms with Crippen molar-refractivity contribution in [3.8, 4) is 0 Å². The summed E-state index contributed by atoms with van der Waals surface area (Å²) in [5.41, 5.74) is 1.53. The Kier molecular flexibility index (Phi) is 8.43. The van der Waals surface area contributed by atoms with Crippen molar-refractivity contribution in [2.75, 3.05) is 38.7 Å². The first-order chi connectivity index (χ1) is 10.2. The van der Waals surface area contributed by atoms with E-state index < -0.39 is 0 Å². The molecule has 0 radical (unpaired) electrons. The molecule has 5 heteroatoms. The molecular formula is C16H27N3O2. The number of carbonyl (C=O) groups is 1. The van der Waals surface area contributed by atoms with E-state index >= 15 is 0 Å². The molecule has 1 rings (SSSR count). The van der Waals surface area contributed by atoms with Crippen molar-refractivity contribution in [3.05, 3.63) is 24.0 Å². The summed E-state index contributed by atoms with van der Waals surface area (Å²) in [4.78, 5) is 18.6. The summed E-state index contributed by atoms with van der Waals surface area (Å²) in [6, 6.07) is 1.88. The zero-order valence-corrected chi connectivity index (χ0v) is 13.4. The van der Waals surface area contributed by atoms with Crippen LogP contribution in [0.15, 0.2) is 18.5 Å². The maximum Gasteiger partial charge on any atom is 0.255 e. The van der Waals surface area contributed by atoms with E-state index in [-0.39, 0.29) is 5.91 Å². The molecule has 118 valence electrons. The van der Waals surface area contributed by atoms with Crippen LogP contribution in [0, 0.1) is 0 Å². The molecule has 1 amide bonds. The van der Waals surface area contributed by atoms with Crippen molar-refractivity contribution in [1.82, 2.24) is 9.88 Å². The number of hydrogen-bond acceptors (Lipinski definition) is 4. The molecule has 0 aliphatic rings. The number of carbonyl (C=O) groups excluding carboxylic acids is 1. The highest BCUT2D eigenvalue weighted by Crippen LogP contribution is 2.11. The fraction of sp³-hybridized carbons (Fsp3) is 0.625. The zero-order valence-electron chi connectivity index (χ0n) is 13.4. The molecule has 0 saturated heterocycles. The van der Waals surface area contributed by atoms with Crippen LogP contribution in [-0.2, 0) is 4.74 Å². The lowest BCUT2D eigenvalue weighted by atomic mass is 10.2. The molecule has 0 fully saturated rings. The second-order valence-electron chi connectivity index (χ2n) is 5.03. The third-order valence-corrected chi connectivity index (χ3v) is 3.11. The lowest BCUT2D eigenvalue weighted by molar-refractivity contribution is 0.0755. The maximum absolute atomic E-state index is 12.5. The highest BCUT2D eigenvalue weighted by atomic mass is 16.5. The van der Waals surface area contributed by atoms with Gasteiger partial charge in [-0.15, -0.1) is 0 Å². The van der Waals surface area contributed by atoms with Crippen LogP contribution in [-0.4, -0.2) is 49.1 Å². The van der Waals surface area contributed by atoms with E-state index in [1.165, 1.54) is 0 Å². The highest BCUT2D eigenvalue weighted by molar-refractivity contribution is 5.94. The molecule has 5 nitrogen and oxygen atoms in total. The number of ether oxygens (including phenoxy) is 1. The molecule has 0 aliphatic carbocycles. The Hall–Kier alpha value is -1.62. The largest absolute Gasteiger partial charge is 0.385 e. The lowest BCUT2D eigenvalue weighted by Gasteiger charge is -2.21. The van der Waals surface area contributed by atoms with Gasteiger partial charge in [0.1, 0.15) is 0 Å². The van der Waals surface area contributed by atoms with E-state index in [1.54, 1.807) is 19.5 Å². The third-order valence-electron chi connectivity index (χ3n) is 3.11. The summed E-state index contributed by atoms with van der Waals surface area (Å²) >= 11 is 0.